The minimum Gasteiger partial charge on any atom is -0.304 e. The molecule has 0 aromatic rings. The molecule has 136 valence electrons. The molecule has 0 saturated carbocycles. The molecule has 0 amide bonds. The quantitative estimate of drug-likeness (QED) is 0.742. The SMILES string of the molecule is CCN(CC)CC1CCN(S(=O)(=O)N2C[C@@H](C)C[C@H](C)C2)CC1. The number of hydrogen-bond donors (Lipinski definition) is 0. The molecule has 2 rings (SSSR count). The van der Waals surface area contributed by atoms with E-state index in [9.17, 15) is 8.42 Å². The zero-order chi connectivity index (χ0) is 17.0. The van der Waals surface area contributed by atoms with Crippen LogP contribution in [0.25, 0.3) is 0 Å². The molecule has 2 aliphatic heterocycles. The molecule has 6 heteroatoms. The molecule has 0 unspecified atom stereocenters. The van der Waals surface area contributed by atoms with Gasteiger partial charge in [0.25, 0.3) is 10.2 Å². The van der Waals surface area contributed by atoms with Crippen LogP contribution < -0.4 is 0 Å². The first-order valence-corrected chi connectivity index (χ1v) is 10.7. The van der Waals surface area contributed by atoms with Crippen molar-refractivity contribution < 1.29 is 8.42 Å². The van der Waals surface area contributed by atoms with Crippen molar-refractivity contribution in [3.05, 3.63) is 0 Å². The molecule has 2 fully saturated rings. The lowest BCUT2D eigenvalue weighted by molar-refractivity contribution is 0.175. The van der Waals surface area contributed by atoms with Gasteiger partial charge in [0.05, 0.1) is 0 Å². The van der Waals surface area contributed by atoms with Crippen LogP contribution in [0.15, 0.2) is 0 Å². The summed E-state index contributed by atoms with van der Waals surface area (Å²) in [6.45, 7) is 14.7. The minimum absolute atomic E-state index is 0.466. The second-order valence-electron chi connectivity index (χ2n) is 7.60. The predicted octanol–water partition coefficient (Wildman–Crippen LogP) is 2.26. The molecule has 0 aromatic carbocycles. The molecule has 2 heterocycles. The maximum atomic E-state index is 12.9. The number of rotatable bonds is 6. The van der Waals surface area contributed by atoms with Gasteiger partial charge in [-0.2, -0.15) is 17.0 Å². The predicted molar refractivity (Wildman–Crippen MR) is 95.5 cm³/mol. The Labute approximate surface area is 143 Å². The summed E-state index contributed by atoms with van der Waals surface area (Å²) in [7, 11) is -3.26. The first-order valence-electron chi connectivity index (χ1n) is 9.34. The van der Waals surface area contributed by atoms with E-state index < -0.39 is 10.2 Å². The number of hydrogen-bond acceptors (Lipinski definition) is 3. The molecule has 0 aromatic heterocycles. The highest BCUT2D eigenvalue weighted by Crippen LogP contribution is 2.27. The Balaban J connectivity index is 1.90. The van der Waals surface area contributed by atoms with Gasteiger partial charge in [-0.3, -0.25) is 0 Å². The molecular formula is C17H35N3O2S. The fraction of sp³-hybridized carbons (Fsp3) is 1.00. The van der Waals surface area contributed by atoms with Gasteiger partial charge in [0.2, 0.25) is 0 Å². The average molecular weight is 346 g/mol. The Morgan fingerprint density at radius 1 is 0.957 bits per heavy atom. The molecule has 0 bridgehead atoms. The van der Waals surface area contributed by atoms with E-state index in [-0.39, 0.29) is 0 Å². The van der Waals surface area contributed by atoms with Crippen LogP contribution in [0.5, 0.6) is 0 Å². The van der Waals surface area contributed by atoms with E-state index in [2.05, 4.69) is 32.6 Å². The zero-order valence-electron chi connectivity index (χ0n) is 15.4. The van der Waals surface area contributed by atoms with Gasteiger partial charge in [0.1, 0.15) is 0 Å². The van der Waals surface area contributed by atoms with Crippen molar-refractivity contribution in [1.29, 1.82) is 0 Å². The van der Waals surface area contributed by atoms with Crippen LogP contribution >= 0.6 is 0 Å². The van der Waals surface area contributed by atoms with Crippen LogP contribution in [0.4, 0.5) is 0 Å². The van der Waals surface area contributed by atoms with E-state index in [0.29, 0.717) is 43.9 Å². The van der Waals surface area contributed by atoms with E-state index >= 15 is 0 Å². The van der Waals surface area contributed by atoms with Gasteiger partial charge in [0, 0.05) is 32.7 Å². The third kappa shape index (κ3) is 4.91. The van der Waals surface area contributed by atoms with Crippen molar-refractivity contribution in [2.45, 2.75) is 47.0 Å². The van der Waals surface area contributed by atoms with Crippen LogP contribution in [0.3, 0.4) is 0 Å². The molecular weight excluding hydrogens is 310 g/mol. The van der Waals surface area contributed by atoms with E-state index in [1.165, 1.54) is 0 Å². The maximum absolute atomic E-state index is 12.9. The Morgan fingerprint density at radius 3 is 1.96 bits per heavy atom. The summed E-state index contributed by atoms with van der Waals surface area (Å²) in [5.74, 6) is 1.57. The van der Waals surface area contributed by atoms with Crippen molar-refractivity contribution in [1.82, 2.24) is 13.5 Å². The van der Waals surface area contributed by atoms with Crippen LogP contribution in [0.2, 0.25) is 0 Å². The molecule has 2 atom stereocenters. The van der Waals surface area contributed by atoms with Crippen LogP contribution in [-0.4, -0.2) is 67.7 Å². The molecule has 2 aliphatic rings. The number of piperidine rings is 2. The Kier molecular flexibility index (Phi) is 6.89. The maximum Gasteiger partial charge on any atom is 0.281 e. The summed E-state index contributed by atoms with van der Waals surface area (Å²) in [6, 6.07) is 0. The summed E-state index contributed by atoms with van der Waals surface area (Å²) in [4.78, 5) is 2.45. The highest BCUT2D eigenvalue weighted by Gasteiger charge is 2.36. The lowest BCUT2D eigenvalue weighted by atomic mass is 9.94. The van der Waals surface area contributed by atoms with E-state index in [4.69, 9.17) is 0 Å². The van der Waals surface area contributed by atoms with Crippen molar-refractivity contribution in [2.75, 3.05) is 45.8 Å². The lowest BCUT2D eigenvalue weighted by Gasteiger charge is -2.40. The van der Waals surface area contributed by atoms with Crippen LogP contribution in [0.1, 0.15) is 47.0 Å². The van der Waals surface area contributed by atoms with Gasteiger partial charge in [0.15, 0.2) is 0 Å². The summed E-state index contributed by atoms with van der Waals surface area (Å²) in [5.41, 5.74) is 0. The third-order valence-corrected chi connectivity index (χ3v) is 7.44. The lowest BCUT2D eigenvalue weighted by Crippen LogP contribution is -2.52. The topological polar surface area (TPSA) is 43.9 Å². The van der Waals surface area contributed by atoms with E-state index in [1.807, 2.05) is 0 Å². The van der Waals surface area contributed by atoms with Gasteiger partial charge < -0.3 is 4.90 Å². The van der Waals surface area contributed by atoms with Gasteiger partial charge >= 0.3 is 0 Å². The fourth-order valence-corrected chi connectivity index (χ4v) is 6.01. The normalized spacial score (nSPS) is 29.3. The molecule has 5 nitrogen and oxygen atoms in total. The van der Waals surface area contributed by atoms with Gasteiger partial charge in [-0.15, -0.1) is 0 Å². The molecule has 0 N–H and O–H groups in total. The molecule has 0 spiro atoms. The molecule has 23 heavy (non-hydrogen) atoms. The third-order valence-electron chi connectivity index (χ3n) is 5.47. The van der Waals surface area contributed by atoms with Crippen molar-refractivity contribution in [2.24, 2.45) is 17.8 Å². The largest absolute Gasteiger partial charge is 0.304 e. The highest BCUT2D eigenvalue weighted by atomic mass is 32.2. The van der Waals surface area contributed by atoms with Crippen LogP contribution in [0, 0.1) is 17.8 Å². The monoisotopic (exact) mass is 345 g/mol. The minimum atomic E-state index is -3.26. The van der Waals surface area contributed by atoms with E-state index in [0.717, 1.165) is 38.9 Å². The van der Waals surface area contributed by atoms with Crippen LogP contribution in [-0.2, 0) is 10.2 Å². The van der Waals surface area contributed by atoms with Crippen molar-refractivity contribution in [3.8, 4) is 0 Å². The first-order chi connectivity index (χ1) is 10.9. The summed E-state index contributed by atoms with van der Waals surface area (Å²) >= 11 is 0. The first kappa shape index (κ1) is 19.2. The highest BCUT2D eigenvalue weighted by molar-refractivity contribution is 7.86. The van der Waals surface area contributed by atoms with Crippen molar-refractivity contribution in [3.63, 3.8) is 0 Å². The summed E-state index contributed by atoms with van der Waals surface area (Å²) in [6.07, 6.45) is 3.13. The fourth-order valence-electron chi connectivity index (χ4n) is 4.13. The second-order valence-corrected chi connectivity index (χ2v) is 9.53. The molecule has 0 radical (unpaired) electrons. The summed E-state index contributed by atoms with van der Waals surface area (Å²) < 4.78 is 29.3. The Hall–Kier alpha value is -0.170. The van der Waals surface area contributed by atoms with Gasteiger partial charge in [-0.25, -0.2) is 0 Å². The Bertz CT molecular complexity index is 446. The Morgan fingerprint density at radius 2 is 1.48 bits per heavy atom. The summed E-state index contributed by atoms with van der Waals surface area (Å²) in [5, 5.41) is 0. The standard InChI is InChI=1S/C17H35N3O2S/c1-5-18(6-2)14-17-7-9-19(10-8-17)23(21,22)20-12-15(3)11-16(4)13-20/h15-17H,5-14H2,1-4H3/t15-,16-/m0/s1. The van der Waals surface area contributed by atoms with Crippen molar-refractivity contribution >= 4 is 10.2 Å². The zero-order valence-corrected chi connectivity index (χ0v) is 16.2. The smallest absolute Gasteiger partial charge is 0.281 e. The second kappa shape index (κ2) is 8.28. The average Bonchev–Trinajstić information content (AvgIpc) is 2.52. The number of nitrogens with zero attached hydrogens (tertiary/aromatic N) is 3. The van der Waals surface area contributed by atoms with E-state index in [1.54, 1.807) is 8.61 Å². The van der Waals surface area contributed by atoms with Gasteiger partial charge in [-0.05, 0) is 50.1 Å². The molecule has 2 saturated heterocycles. The molecule has 0 aliphatic carbocycles. The van der Waals surface area contributed by atoms with Gasteiger partial charge in [-0.1, -0.05) is 27.7 Å².